The largest absolute Gasteiger partial charge is 0.361 e. The number of aromatic nitrogens is 1. The summed E-state index contributed by atoms with van der Waals surface area (Å²) in [5.41, 5.74) is 8.68. The standard InChI is InChI=1S/C14H20N2/c1-2-3-6-12(15)9-11-10-16-14-8-5-4-7-13(11)14/h4-5,7-8,10,12,16H,2-3,6,9,15H2,1H3/t12-/m1/s1. The van der Waals surface area contributed by atoms with Gasteiger partial charge in [-0.15, -0.1) is 0 Å². The second-order valence-electron chi connectivity index (χ2n) is 4.47. The lowest BCUT2D eigenvalue weighted by atomic mass is 10.0. The van der Waals surface area contributed by atoms with Gasteiger partial charge >= 0.3 is 0 Å². The number of unbranched alkanes of at least 4 members (excludes halogenated alkanes) is 1. The molecule has 1 heterocycles. The summed E-state index contributed by atoms with van der Waals surface area (Å²) in [6.45, 7) is 2.21. The Balaban J connectivity index is 2.09. The summed E-state index contributed by atoms with van der Waals surface area (Å²) in [7, 11) is 0. The van der Waals surface area contributed by atoms with Crippen molar-refractivity contribution in [3.05, 3.63) is 36.0 Å². The molecule has 0 unspecified atom stereocenters. The molecule has 3 N–H and O–H groups in total. The van der Waals surface area contributed by atoms with Crippen LogP contribution in [-0.2, 0) is 6.42 Å². The normalized spacial score (nSPS) is 13.1. The van der Waals surface area contributed by atoms with Crippen LogP contribution in [0.5, 0.6) is 0 Å². The van der Waals surface area contributed by atoms with Gasteiger partial charge in [-0.1, -0.05) is 38.0 Å². The van der Waals surface area contributed by atoms with Crippen molar-refractivity contribution < 1.29 is 0 Å². The molecule has 1 atom stereocenters. The molecular formula is C14H20N2. The van der Waals surface area contributed by atoms with Gasteiger partial charge in [-0.05, 0) is 24.5 Å². The van der Waals surface area contributed by atoms with Crippen LogP contribution in [0.15, 0.2) is 30.5 Å². The minimum absolute atomic E-state index is 0.291. The Labute approximate surface area is 96.9 Å². The van der Waals surface area contributed by atoms with E-state index in [4.69, 9.17) is 5.73 Å². The number of aromatic amines is 1. The average Bonchev–Trinajstić information content (AvgIpc) is 2.70. The summed E-state index contributed by atoms with van der Waals surface area (Å²) in [5.74, 6) is 0. The van der Waals surface area contributed by atoms with E-state index in [1.54, 1.807) is 0 Å². The first-order valence-electron chi connectivity index (χ1n) is 6.12. The number of fused-ring (bicyclic) bond motifs is 1. The molecule has 0 radical (unpaired) electrons. The molecule has 0 aliphatic rings. The third kappa shape index (κ3) is 2.45. The Morgan fingerprint density at radius 2 is 2.12 bits per heavy atom. The summed E-state index contributed by atoms with van der Waals surface area (Å²) in [6.07, 6.45) is 6.64. The molecule has 1 aromatic heterocycles. The van der Waals surface area contributed by atoms with Crippen molar-refractivity contribution in [2.24, 2.45) is 5.73 Å². The van der Waals surface area contributed by atoms with Crippen molar-refractivity contribution in [2.75, 3.05) is 0 Å². The summed E-state index contributed by atoms with van der Waals surface area (Å²) in [6, 6.07) is 8.69. The van der Waals surface area contributed by atoms with Gasteiger partial charge in [0, 0.05) is 23.1 Å². The second-order valence-corrected chi connectivity index (χ2v) is 4.47. The molecule has 86 valence electrons. The minimum Gasteiger partial charge on any atom is -0.361 e. The number of benzene rings is 1. The van der Waals surface area contributed by atoms with Crippen molar-refractivity contribution >= 4 is 10.9 Å². The summed E-state index contributed by atoms with van der Waals surface area (Å²) < 4.78 is 0. The number of nitrogens with two attached hydrogens (primary N) is 1. The van der Waals surface area contributed by atoms with E-state index in [0.717, 1.165) is 12.8 Å². The highest BCUT2D eigenvalue weighted by Gasteiger charge is 2.07. The highest BCUT2D eigenvalue weighted by atomic mass is 14.7. The summed E-state index contributed by atoms with van der Waals surface area (Å²) in [5, 5.41) is 1.31. The van der Waals surface area contributed by atoms with E-state index in [1.165, 1.54) is 29.3 Å². The van der Waals surface area contributed by atoms with Crippen LogP contribution < -0.4 is 5.73 Å². The van der Waals surface area contributed by atoms with Gasteiger partial charge in [0.15, 0.2) is 0 Å². The number of hydrogen-bond acceptors (Lipinski definition) is 1. The minimum atomic E-state index is 0.291. The molecule has 0 bridgehead atoms. The van der Waals surface area contributed by atoms with Gasteiger partial charge in [0.1, 0.15) is 0 Å². The number of para-hydroxylation sites is 1. The zero-order valence-electron chi connectivity index (χ0n) is 9.87. The maximum atomic E-state index is 6.13. The van der Waals surface area contributed by atoms with Gasteiger partial charge in [-0.25, -0.2) is 0 Å². The molecule has 2 rings (SSSR count). The zero-order valence-corrected chi connectivity index (χ0v) is 9.87. The molecule has 0 aliphatic carbocycles. The van der Waals surface area contributed by atoms with Gasteiger partial charge in [0.2, 0.25) is 0 Å². The van der Waals surface area contributed by atoms with E-state index in [2.05, 4.69) is 42.4 Å². The molecule has 2 heteroatoms. The quantitative estimate of drug-likeness (QED) is 0.791. The molecule has 0 aliphatic heterocycles. The van der Waals surface area contributed by atoms with Crippen molar-refractivity contribution in [3.8, 4) is 0 Å². The fourth-order valence-corrected chi connectivity index (χ4v) is 2.15. The second kappa shape index (κ2) is 5.17. The third-order valence-electron chi connectivity index (χ3n) is 3.09. The maximum Gasteiger partial charge on any atom is 0.0456 e. The Morgan fingerprint density at radius 3 is 2.94 bits per heavy atom. The Hall–Kier alpha value is -1.28. The predicted octanol–water partition coefficient (Wildman–Crippen LogP) is 3.23. The lowest BCUT2D eigenvalue weighted by molar-refractivity contribution is 0.575. The summed E-state index contributed by atoms with van der Waals surface area (Å²) >= 11 is 0. The molecule has 1 aromatic carbocycles. The van der Waals surface area contributed by atoms with Crippen LogP contribution in [0.1, 0.15) is 31.7 Å². The first-order valence-corrected chi connectivity index (χ1v) is 6.12. The fraction of sp³-hybridized carbons (Fsp3) is 0.429. The van der Waals surface area contributed by atoms with E-state index in [1.807, 2.05) is 0 Å². The van der Waals surface area contributed by atoms with E-state index >= 15 is 0 Å². The first-order chi connectivity index (χ1) is 7.81. The van der Waals surface area contributed by atoms with Crippen LogP contribution >= 0.6 is 0 Å². The first kappa shape index (κ1) is 11.2. The van der Waals surface area contributed by atoms with Crippen molar-refractivity contribution in [1.29, 1.82) is 0 Å². The average molecular weight is 216 g/mol. The Kier molecular flexibility index (Phi) is 3.62. The van der Waals surface area contributed by atoms with Crippen LogP contribution in [0, 0.1) is 0 Å². The molecule has 2 nitrogen and oxygen atoms in total. The van der Waals surface area contributed by atoms with Crippen molar-refractivity contribution in [1.82, 2.24) is 4.98 Å². The SMILES string of the molecule is CCCC[C@@H](N)Cc1c[nH]c2ccccc12. The predicted molar refractivity (Wildman–Crippen MR) is 69.5 cm³/mol. The van der Waals surface area contributed by atoms with Gasteiger partial charge in [-0.3, -0.25) is 0 Å². The highest BCUT2D eigenvalue weighted by Crippen LogP contribution is 2.19. The number of nitrogens with one attached hydrogen (secondary N) is 1. The molecule has 0 spiro atoms. The topological polar surface area (TPSA) is 41.8 Å². The molecular weight excluding hydrogens is 196 g/mol. The van der Waals surface area contributed by atoms with Crippen LogP contribution in [0.2, 0.25) is 0 Å². The number of H-pyrrole nitrogens is 1. The smallest absolute Gasteiger partial charge is 0.0456 e. The van der Waals surface area contributed by atoms with E-state index in [0.29, 0.717) is 6.04 Å². The maximum absolute atomic E-state index is 6.13. The van der Waals surface area contributed by atoms with E-state index < -0.39 is 0 Å². The number of hydrogen-bond donors (Lipinski definition) is 2. The molecule has 0 fully saturated rings. The van der Waals surface area contributed by atoms with Gasteiger partial charge in [0.25, 0.3) is 0 Å². The zero-order chi connectivity index (χ0) is 11.4. The van der Waals surface area contributed by atoms with E-state index in [9.17, 15) is 0 Å². The van der Waals surface area contributed by atoms with Crippen LogP contribution in [0.25, 0.3) is 10.9 Å². The Bertz CT molecular complexity index is 445. The van der Waals surface area contributed by atoms with Crippen LogP contribution in [0.3, 0.4) is 0 Å². The van der Waals surface area contributed by atoms with Crippen molar-refractivity contribution in [2.45, 2.75) is 38.6 Å². The Morgan fingerprint density at radius 1 is 1.31 bits per heavy atom. The van der Waals surface area contributed by atoms with Crippen LogP contribution in [-0.4, -0.2) is 11.0 Å². The van der Waals surface area contributed by atoms with E-state index in [-0.39, 0.29) is 0 Å². The molecule has 0 saturated heterocycles. The molecule has 2 aromatic rings. The van der Waals surface area contributed by atoms with Gasteiger partial charge in [0.05, 0.1) is 0 Å². The monoisotopic (exact) mass is 216 g/mol. The molecule has 0 amide bonds. The van der Waals surface area contributed by atoms with Crippen molar-refractivity contribution in [3.63, 3.8) is 0 Å². The highest BCUT2D eigenvalue weighted by molar-refractivity contribution is 5.83. The van der Waals surface area contributed by atoms with Gasteiger partial charge in [-0.2, -0.15) is 0 Å². The summed E-state index contributed by atoms with van der Waals surface area (Å²) in [4.78, 5) is 3.29. The molecule has 16 heavy (non-hydrogen) atoms. The third-order valence-corrected chi connectivity index (χ3v) is 3.09. The number of rotatable bonds is 5. The molecule has 0 saturated carbocycles. The lowest BCUT2D eigenvalue weighted by Gasteiger charge is -2.09. The van der Waals surface area contributed by atoms with Gasteiger partial charge < -0.3 is 10.7 Å². The lowest BCUT2D eigenvalue weighted by Crippen LogP contribution is -2.22. The van der Waals surface area contributed by atoms with Crippen LogP contribution in [0.4, 0.5) is 0 Å². The fourth-order valence-electron chi connectivity index (χ4n) is 2.15.